The van der Waals surface area contributed by atoms with Crippen molar-refractivity contribution in [1.82, 2.24) is 5.48 Å². The highest BCUT2D eigenvalue weighted by Gasteiger charge is 2.28. The van der Waals surface area contributed by atoms with Crippen molar-refractivity contribution in [3.05, 3.63) is 22.2 Å². The highest BCUT2D eigenvalue weighted by Crippen LogP contribution is 2.39. The van der Waals surface area contributed by atoms with E-state index in [9.17, 15) is 15.0 Å². The fourth-order valence-corrected chi connectivity index (χ4v) is 2.19. The van der Waals surface area contributed by atoms with Gasteiger partial charge in [0, 0.05) is 11.6 Å². The molecule has 0 bridgehead atoms. The van der Waals surface area contributed by atoms with E-state index in [0.29, 0.717) is 18.4 Å². The molecule has 2 rings (SSSR count). The normalized spacial score (nSPS) is 21.2. The zero-order valence-electron chi connectivity index (χ0n) is 11.1. The van der Waals surface area contributed by atoms with Gasteiger partial charge in [-0.1, -0.05) is 11.6 Å². The van der Waals surface area contributed by atoms with Crippen LogP contribution < -0.4 is 10.3 Å². The van der Waals surface area contributed by atoms with Gasteiger partial charge in [-0.3, -0.25) is 0 Å². The number of nitrogens with one attached hydrogen (secondary N) is 1. The molecule has 0 spiro atoms. The summed E-state index contributed by atoms with van der Waals surface area (Å²) in [7, 11) is 1.25. The van der Waals surface area contributed by atoms with Crippen LogP contribution in [0.3, 0.4) is 0 Å². The molecular weight excluding hydrogens is 286 g/mol. The van der Waals surface area contributed by atoms with Gasteiger partial charge in [0.25, 0.3) is 0 Å². The van der Waals surface area contributed by atoms with E-state index in [1.165, 1.54) is 13.2 Å². The highest BCUT2D eigenvalue weighted by molar-refractivity contribution is 6.32. The Morgan fingerprint density at radius 3 is 2.70 bits per heavy atom. The second-order valence-electron chi connectivity index (χ2n) is 4.74. The molecule has 0 atom stereocenters. The summed E-state index contributed by atoms with van der Waals surface area (Å²) >= 11 is 6.00. The number of benzene rings is 1. The maximum atomic E-state index is 11.5. The van der Waals surface area contributed by atoms with Crippen molar-refractivity contribution in [1.29, 1.82) is 0 Å². The number of methoxy groups -OCH3 is 1. The largest absolute Gasteiger partial charge is 0.504 e. The Morgan fingerprint density at radius 1 is 1.50 bits per heavy atom. The first-order valence-corrected chi connectivity index (χ1v) is 6.52. The Kier molecular flexibility index (Phi) is 4.37. The summed E-state index contributed by atoms with van der Waals surface area (Å²) in [6.45, 7) is 1.57. The molecule has 0 saturated heterocycles. The van der Waals surface area contributed by atoms with Crippen molar-refractivity contribution in [2.75, 3.05) is 7.11 Å². The van der Waals surface area contributed by atoms with E-state index in [1.54, 1.807) is 6.92 Å². The number of halogens is 1. The second kappa shape index (κ2) is 5.87. The van der Waals surface area contributed by atoms with Gasteiger partial charge in [-0.15, -0.1) is 0 Å². The molecule has 7 heteroatoms. The van der Waals surface area contributed by atoms with Crippen molar-refractivity contribution < 1.29 is 24.6 Å². The smallest absolute Gasteiger partial charge is 0.338 e. The van der Waals surface area contributed by atoms with Gasteiger partial charge in [0.15, 0.2) is 5.75 Å². The van der Waals surface area contributed by atoms with E-state index in [0.717, 1.165) is 0 Å². The number of ether oxygens (including phenoxy) is 1. The van der Waals surface area contributed by atoms with Crippen LogP contribution >= 0.6 is 11.6 Å². The first-order chi connectivity index (χ1) is 9.43. The summed E-state index contributed by atoms with van der Waals surface area (Å²) in [6, 6.07) is 1.40. The second-order valence-corrected chi connectivity index (χ2v) is 5.15. The number of phenolic OH excluding ortho intramolecular Hbond substituents is 1. The third kappa shape index (κ3) is 2.82. The van der Waals surface area contributed by atoms with Crippen molar-refractivity contribution >= 4 is 17.6 Å². The Hall–Kier alpha value is -1.50. The predicted molar refractivity (Wildman–Crippen MR) is 72.0 cm³/mol. The maximum Gasteiger partial charge on any atom is 0.338 e. The van der Waals surface area contributed by atoms with E-state index in [4.69, 9.17) is 16.4 Å². The van der Waals surface area contributed by atoms with E-state index in [2.05, 4.69) is 10.2 Å². The third-order valence-electron chi connectivity index (χ3n) is 3.31. The number of aliphatic hydroxyl groups is 1. The molecular formula is C13H16ClNO5. The minimum atomic E-state index is -0.582. The first-order valence-electron chi connectivity index (χ1n) is 6.14. The molecule has 1 aliphatic rings. The topological polar surface area (TPSA) is 88.0 Å². The molecule has 1 aromatic rings. The zero-order chi connectivity index (χ0) is 14.9. The number of aromatic hydroxyl groups is 1. The van der Waals surface area contributed by atoms with Crippen molar-refractivity contribution in [3.63, 3.8) is 0 Å². The SMILES string of the molecule is COC(=O)c1cc(Cl)c(ON[C@H]2C[C@H](O)C2)c(O)c1C. The van der Waals surface area contributed by atoms with Crippen LogP contribution in [-0.2, 0) is 4.74 Å². The van der Waals surface area contributed by atoms with E-state index in [1.807, 2.05) is 0 Å². The number of hydrogen-bond acceptors (Lipinski definition) is 6. The number of phenols is 1. The van der Waals surface area contributed by atoms with E-state index < -0.39 is 5.97 Å². The molecule has 1 saturated carbocycles. The summed E-state index contributed by atoms with van der Waals surface area (Å²) in [5, 5.41) is 19.3. The summed E-state index contributed by atoms with van der Waals surface area (Å²) < 4.78 is 4.61. The van der Waals surface area contributed by atoms with E-state index in [-0.39, 0.29) is 34.2 Å². The summed E-state index contributed by atoms with van der Waals surface area (Å²) in [6.07, 6.45) is 0.846. The zero-order valence-corrected chi connectivity index (χ0v) is 11.9. The van der Waals surface area contributed by atoms with Gasteiger partial charge in [-0.05, 0) is 25.8 Å². The van der Waals surface area contributed by atoms with Crippen molar-refractivity contribution in [2.45, 2.75) is 31.9 Å². The summed E-state index contributed by atoms with van der Waals surface area (Å²) in [5.74, 6) is -0.746. The average Bonchev–Trinajstić information content (AvgIpc) is 2.39. The van der Waals surface area contributed by atoms with Gasteiger partial charge < -0.3 is 19.8 Å². The lowest BCUT2D eigenvalue weighted by molar-refractivity contribution is 0.0115. The fraction of sp³-hybridized carbons (Fsp3) is 0.462. The minimum Gasteiger partial charge on any atom is -0.504 e. The molecule has 1 aromatic carbocycles. The van der Waals surface area contributed by atoms with Crippen molar-refractivity contribution in [3.8, 4) is 11.5 Å². The lowest BCUT2D eigenvalue weighted by Crippen LogP contribution is -2.45. The van der Waals surface area contributed by atoms with Crippen LogP contribution in [-0.4, -0.2) is 35.4 Å². The Morgan fingerprint density at radius 2 is 2.15 bits per heavy atom. The summed E-state index contributed by atoms with van der Waals surface area (Å²) in [5.41, 5.74) is 3.22. The van der Waals surface area contributed by atoms with Crippen LogP contribution in [0.25, 0.3) is 0 Å². The Balaban J connectivity index is 2.17. The van der Waals surface area contributed by atoms with Gasteiger partial charge in [0.05, 0.1) is 23.8 Å². The Bertz CT molecular complexity index is 528. The predicted octanol–water partition coefficient (Wildman–Crippen LogP) is 1.55. The maximum absolute atomic E-state index is 11.5. The molecule has 0 amide bonds. The van der Waals surface area contributed by atoms with Gasteiger partial charge in [0.1, 0.15) is 0 Å². The van der Waals surface area contributed by atoms with Crippen LogP contribution in [0.5, 0.6) is 11.5 Å². The van der Waals surface area contributed by atoms with Crippen molar-refractivity contribution in [2.24, 2.45) is 0 Å². The fourth-order valence-electron chi connectivity index (χ4n) is 1.96. The lowest BCUT2D eigenvalue weighted by atomic mass is 9.90. The molecule has 0 unspecified atom stereocenters. The highest BCUT2D eigenvalue weighted by atomic mass is 35.5. The summed E-state index contributed by atoms with van der Waals surface area (Å²) in [4.78, 5) is 16.8. The molecule has 6 nitrogen and oxygen atoms in total. The molecule has 20 heavy (non-hydrogen) atoms. The number of carbonyl (C=O) groups is 1. The quantitative estimate of drug-likeness (QED) is 0.578. The number of rotatable bonds is 4. The third-order valence-corrected chi connectivity index (χ3v) is 3.59. The molecule has 0 radical (unpaired) electrons. The standard InChI is InChI=1S/C13H16ClNO5/c1-6-9(13(18)19-2)5-10(14)12(11(6)17)20-15-7-3-8(16)4-7/h5,7-8,15-17H,3-4H2,1-2H3/t7-,8-. The van der Waals surface area contributed by atoms with E-state index >= 15 is 0 Å². The molecule has 1 aliphatic carbocycles. The molecule has 0 aliphatic heterocycles. The molecule has 1 fully saturated rings. The average molecular weight is 302 g/mol. The number of esters is 1. The number of hydroxylamine groups is 1. The van der Waals surface area contributed by atoms with Crippen LogP contribution in [0.1, 0.15) is 28.8 Å². The number of aliphatic hydroxyl groups excluding tert-OH is 1. The van der Waals surface area contributed by atoms with Crippen LogP contribution in [0.2, 0.25) is 5.02 Å². The molecule has 0 heterocycles. The van der Waals surface area contributed by atoms with Crippen LogP contribution in [0, 0.1) is 6.92 Å². The van der Waals surface area contributed by atoms with Gasteiger partial charge in [0.2, 0.25) is 5.75 Å². The molecule has 3 N–H and O–H groups in total. The minimum absolute atomic E-state index is 0.0149. The lowest BCUT2D eigenvalue weighted by Gasteiger charge is -2.31. The van der Waals surface area contributed by atoms with Gasteiger partial charge in [-0.25, -0.2) is 4.79 Å². The first kappa shape index (κ1) is 14.9. The van der Waals surface area contributed by atoms with Crippen LogP contribution in [0.15, 0.2) is 6.07 Å². The van der Waals surface area contributed by atoms with Crippen LogP contribution in [0.4, 0.5) is 0 Å². The number of carbonyl (C=O) groups excluding carboxylic acids is 1. The van der Waals surface area contributed by atoms with Gasteiger partial charge >= 0.3 is 5.97 Å². The molecule has 110 valence electrons. The van der Waals surface area contributed by atoms with Gasteiger partial charge in [-0.2, -0.15) is 5.48 Å². The molecule has 0 aromatic heterocycles. The Labute approximate surface area is 121 Å². The number of hydrogen-bond donors (Lipinski definition) is 3. The monoisotopic (exact) mass is 301 g/mol.